The van der Waals surface area contributed by atoms with E-state index in [0.29, 0.717) is 0 Å². The maximum atomic E-state index is 11.2. The first kappa shape index (κ1) is 15.4. The molecule has 0 radical (unpaired) electrons. The highest BCUT2D eigenvalue weighted by molar-refractivity contribution is 7.83. The van der Waals surface area contributed by atoms with Crippen LogP contribution in [0.5, 0.6) is 0 Å². The zero-order valence-corrected chi connectivity index (χ0v) is 8.83. The molecule has 0 spiro atoms. The fourth-order valence-electron chi connectivity index (χ4n) is 0.861. The number of rotatable bonds is 7. The number of carbonyl (C=O) groups excluding carboxylic acids is 1. The van der Waals surface area contributed by atoms with E-state index in [1.54, 1.807) is 0 Å². The number of hydrogen-bond acceptors (Lipinski definition) is 7. The summed E-state index contributed by atoms with van der Waals surface area (Å²) in [4.78, 5) is 11.2. The predicted molar refractivity (Wildman–Crippen MR) is 49.7 cm³/mol. The molecule has 3 atom stereocenters. The maximum absolute atomic E-state index is 11.2. The first-order valence-electron chi connectivity index (χ1n) is 4.09. The van der Waals surface area contributed by atoms with Gasteiger partial charge in [-0.25, -0.2) is 0 Å². The molecule has 0 amide bonds. The number of nitrogens with one attached hydrogen (secondary N) is 1. The molecule has 0 aromatic carbocycles. The highest BCUT2D eigenvalue weighted by atomic mass is 32.2. The van der Waals surface area contributed by atoms with Crippen molar-refractivity contribution in [1.29, 1.82) is 0 Å². The summed E-state index contributed by atoms with van der Waals surface area (Å²) in [6, 6.07) is -1.80. The monoisotopic (exact) mass is 259 g/mol. The summed E-state index contributed by atoms with van der Waals surface area (Å²) < 4.78 is 30.4. The highest BCUT2D eigenvalue weighted by Gasteiger charge is 2.31. The predicted octanol–water partition coefficient (Wildman–Crippen LogP) is -3.98. The minimum atomic E-state index is -4.73. The number of hydrogen-bond donors (Lipinski definition) is 6. The molecule has 0 rings (SSSR count). The second kappa shape index (κ2) is 6.20. The average molecular weight is 259 g/mol. The van der Waals surface area contributed by atoms with Crippen molar-refractivity contribution in [1.82, 2.24) is 4.72 Å². The summed E-state index contributed by atoms with van der Waals surface area (Å²) in [6.07, 6.45) is -3.87. The minimum Gasteiger partial charge on any atom is -0.394 e. The fraction of sp³-hybridized carbons (Fsp3) is 0.833. The standard InChI is InChI=1S/C6H13NO8S/c8-1-3(7-16(13,14)15)5(11)6(12)4(10)2-9/h3-4,6-10,12H,1-2H2,(H,13,14,15). The Labute approximate surface area is 91.2 Å². The molecule has 0 bridgehead atoms. The van der Waals surface area contributed by atoms with Crippen molar-refractivity contribution in [2.24, 2.45) is 0 Å². The normalized spacial score (nSPS) is 17.8. The molecule has 9 nitrogen and oxygen atoms in total. The van der Waals surface area contributed by atoms with Gasteiger partial charge in [0.1, 0.15) is 18.2 Å². The molecule has 3 unspecified atom stereocenters. The number of aliphatic hydroxyl groups is 4. The van der Waals surface area contributed by atoms with Crippen LogP contribution in [0.3, 0.4) is 0 Å². The van der Waals surface area contributed by atoms with E-state index in [9.17, 15) is 13.2 Å². The van der Waals surface area contributed by atoms with Gasteiger partial charge in [-0.15, -0.1) is 0 Å². The largest absolute Gasteiger partial charge is 0.394 e. The van der Waals surface area contributed by atoms with Gasteiger partial charge in [0.25, 0.3) is 0 Å². The smallest absolute Gasteiger partial charge is 0.334 e. The summed E-state index contributed by atoms with van der Waals surface area (Å²) >= 11 is 0. The van der Waals surface area contributed by atoms with Crippen LogP contribution in [-0.2, 0) is 15.1 Å². The lowest BCUT2D eigenvalue weighted by atomic mass is 10.0. The SMILES string of the molecule is O=C(C(CO)NS(=O)(=O)O)C(O)C(O)CO. The van der Waals surface area contributed by atoms with Crippen molar-refractivity contribution in [2.75, 3.05) is 13.2 Å². The Hall–Kier alpha value is -0.620. The topological polar surface area (TPSA) is 164 Å². The molecule has 0 fully saturated rings. The van der Waals surface area contributed by atoms with Gasteiger partial charge in [-0.2, -0.15) is 13.1 Å². The van der Waals surface area contributed by atoms with Crippen molar-refractivity contribution >= 4 is 16.1 Å². The van der Waals surface area contributed by atoms with Crippen LogP contribution in [0.1, 0.15) is 0 Å². The quantitative estimate of drug-likeness (QED) is 0.252. The summed E-state index contributed by atoms with van der Waals surface area (Å²) in [6.45, 7) is -1.94. The Morgan fingerprint density at radius 2 is 1.69 bits per heavy atom. The van der Waals surface area contributed by atoms with E-state index >= 15 is 0 Å². The van der Waals surface area contributed by atoms with Gasteiger partial charge in [0.15, 0.2) is 5.78 Å². The van der Waals surface area contributed by atoms with Crippen LogP contribution in [0, 0.1) is 0 Å². The van der Waals surface area contributed by atoms with Crippen LogP contribution >= 0.6 is 0 Å². The molecular weight excluding hydrogens is 246 g/mol. The van der Waals surface area contributed by atoms with Crippen LogP contribution in [0.4, 0.5) is 0 Å². The second-order valence-electron chi connectivity index (χ2n) is 2.93. The van der Waals surface area contributed by atoms with Crippen LogP contribution < -0.4 is 4.72 Å². The van der Waals surface area contributed by atoms with E-state index in [4.69, 9.17) is 25.0 Å². The van der Waals surface area contributed by atoms with Gasteiger partial charge >= 0.3 is 10.3 Å². The lowest BCUT2D eigenvalue weighted by molar-refractivity contribution is -0.137. The van der Waals surface area contributed by atoms with Crippen molar-refractivity contribution in [3.05, 3.63) is 0 Å². The lowest BCUT2D eigenvalue weighted by Gasteiger charge is -2.19. The number of Topliss-reactive ketones (excluding diaryl/α,β-unsaturated/α-hetero) is 1. The third-order valence-electron chi connectivity index (χ3n) is 1.66. The Balaban J connectivity index is 4.66. The lowest BCUT2D eigenvalue weighted by Crippen LogP contribution is -2.51. The molecular formula is C6H13NO8S. The third kappa shape index (κ3) is 4.94. The van der Waals surface area contributed by atoms with Gasteiger partial charge in [-0.1, -0.05) is 0 Å². The zero-order valence-electron chi connectivity index (χ0n) is 8.02. The summed E-state index contributed by atoms with van der Waals surface area (Å²) in [5.74, 6) is -1.28. The van der Waals surface area contributed by atoms with Gasteiger partial charge in [0.05, 0.1) is 13.2 Å². The van der Waals surface area contributed by atoms with Gasteiger partial charge in [0, 0.05) is 0 Å². The highest BCUT2D eigenvalue weighted by Crippen LogP contribution is 2.00. The number of carbonyl (C=O) groups is 1. The molecule has 16 heavy (non-hydrogen) atoms. The van der Waals surface area contributed by atoms with Crippen molar-refractivity contribution in [3.8, 4) is 0 Å². The summed E-state index contributed by atoms with van der Waals surface area (Å²) in [5.41, 5.74) is 0. The van der Waals surface area contributed by atoms with Gasteiger partial charge < -0.3 is 20.4 Å². The maximum Gasteiger partial charge on any atom is 0.334 e. The number of aliphatic hydroxyl groups excluding tert-OH is 4. The average Bonchev–Trinajstić information content (AvgIpc) is 2.21. The molecule has 0 aliphatic carbocycles. The number of ketones is 1. The molecule has 0 aromatic heterocycles. The van der Waals surface area contributed by atoms with Crippen LogP contribution in [0.2, 0.25) is 0 Å². The van der Waals surface area contributed by atoms with Gasteiger partial charge in [-0.05, 0) is 0 Å². The van der Waals surface area contributed by atoms with E-state index in [-0.39, 0.29) is 0 Å². The van der Waals surface area contributed by atoms with Crippen molar-refractivity contribution < 1.29 is 38.2 Å². The van der Waals surface area contributed by atoms with Gasteiger partial charge in [0.2, 0.25) is 0 Å². The molecule has 96 valence electrons. The summed E-state index contributed by atoms with van der Waals surface area (Å²) in [7, 11) is -4.73. The van der Waals surface area contributed by atoms with Crippen molar-refractivity contribution in [3.63, 3.8) is 0 Å². The van der Waals surface area contributed by atoms with Crippen molar-refractivity contribution in [2.45, 2.75) is 18.2 Å². The van der Waals surface area contributed by atoms with E-state index in [2.05, 4.69) is 0 Å². The molecule has 0 heterocycles. The van der Waals surface area contributed by atoms with E-state index in [1.807, 2.05) is 0 Å². The Kier molecular flexibility index (Phi) is 5.96. The molecule has 0 aromatic rings. The first-order chi connectivity index (χ1) is 7.22. The van der Waals surface area contributed by atoms with Crippen LogP contribution in [-0.4, -0.2) is 70.6 Å². The summed E-state index contributed by atoms with van der Waals surface area (Å²) in [5, 5.41) is 35.1. The van der Waals surface area contributed by atoms with E-state index in [0.717, 1.165) is 0 Å². The second-order valence-corrected chi connectivity index (χ2v) is 4.11. The molecule has 0 aliphatic rings. The first-order valence-corrected chi connectivity index (χ1v) is 5.53. The molecule has 0 aliphatic heterocycles. The van der Waals surface area contributed by atoms with Crippen LogP contribution in [0.25, 0.3) is 0 Å². The Morgan fingerprint density at radius 3 is 2.00 bits per heavy atom. The van der Waals surface area contributed by atoms with E-state index < -0.39 is 47.6 Å². The third-order valence-corrected chi connectivity index (χ3v) is 2.24. The Bertz CT molecular complexity index is 327. The molecule has 6 N–H and O–H groups in total. The minimum absolute atomic E-state index is 0.920. The molecule has 0 saturated heterocycles. The van der Waals surface area contributed by atoms with E-state index in [1.165, 1.54) is 4.72 Å². The van der Waals surface area contributed by atoms with Crippen LogP contribution in [0.15, 0.2) is 0 Å². The molecule has 0 saturated carbocycles. The Morgan fingerprint density at radius 1 is 1.19 bits per heavy atom. The fourth-order valence-corrected chi connectivity index (χ4v) is 1.41. The molecule has 10 heteroatoms. The van der Waals surface area contributed by atoms with Gasteiger partial charge in [-0.3, -0.25) is 9.35 Å². The zero-order chi connectivity index (χ0) is 12.9.